The number of hydrazone groups is 1. The molecule has 1 unspecified atom stereocenters. The Morgan fingerprint density at radius 3 is 2.79 bits per heavy atom. The predicted octanol–water partition coefficient (Wildman–Crippen LogP) is 0.731. The van der Waals surface area contributed by atoms with E-state index in [1.54, 1.807) is 0 Å². The lowest BCUT2D eigenvalue weighted by molar-refractivity contribution is -0.384. The molecule has 2 rings (SSSR count). The molecule has 1 aliphatic heterocycles. The SMILES string of the molecule is CC(OC(=O)C1=NNC(=O)CC1)C(=O)Nc1cccc([N+](=O)[O-])c1. The number of carbonyl (C=O) groups excluding carboxylic acids is 3. The van der Waals surface area contributed by atoms with Gasteiger partial charge in [0.1, 0.15) is 5.71 Å². The summed E-state index contributed by atoms with van der Waals surface area (Å²) in [7, 11) is 0. The lowest BCUT2D eigenvalue weighted by Gasteiger charge is -2.15. The number of nitro groups is 1. The molecule has 0 saturated heterocycles. The number of anilines is 1. The molecule has 10 nitrogen and oxygen atoms in total. The maximum Gasteiger partial charge on any atom is 0.355 e. The highest BCUT2D eigenvalue weighted by Gasteiger charge is 2.24. The average Bonchev–Trinajstić information content (AvgIpc) is 2.55. The smallest absolute Gasteiger partial charge is 0.355 e. The Kier molecular flexibility index (Phi) is 5.20. The highest BCUT2D eigenvalue weighted by atomic mass is 16.6. The van der Waals surface area contributed by atoms with Crippen LogP contribution in [0.4, 0.5) is 11.4 Å². The van der Waals surface area contributed by atoms with Crippen molar-refractivity contribution < 1.29 is 24.0 Å². The molecule has 0 aromatic heterocycles. The maximum atomic E-state index is 12.0. The zero-order valence-electron chi connectivity index (χ0n) is 12.6. The molecule has 1 aromatic carbocycles. The number of nitro benzene ring substituents is 1. The number of nitrogens with zero attached hydrogens (tertiary/aromatic N) is 2. The quantitative estimate of drug-likeness (QED) is 0.462. The minimum absolute atomic E-state index is 0.0181. The predicted molar refractivity (Wildman–Crippen MR) is 82.1 cm³/mol. The van der Waals surface area contributed by atoms with Crippen LogP contribution in [-0.2, 0) is 19.1 Å². The van der Waals surface area contributed by atoms with Crippen LogP contribution in [0, 0.1) is 10.1 Å². The second-order valence-electron chi connectivity index (χ2n) is 4.94. The first-order valence-electron chi connectivity index (χ1n) is 6.98. The fraction of sp³-hybridized carbons (Fsp3) is 0.286. The highest BCUT2D eigenvalue weighted by Crippen LogP contribution is 2.17. The van der Waals surface area contributed by atoms with Crippen LogP contribution < -0.4 is 10.7 Å². The molecule has 10 heteroatoms. The summed E-state index contributed by atoms with van der Waals surface area (Å²) in [6.07, 6.45) is -0.899. The largest absolute Gasteiger partial charge is 0.448 e. The Labute approximate surface area is 136 Å². The molecule has 0 bridgehead atoms. The van der Waals surface area contributed by atoms with E-state index in [-0.39, 0.29) is 35.8 Å². The first-order chi connectivity index (χ1) is 11.4. The summed E-state index contributed by atoms with van der Waals surface area (Å²) in [5.74, 6) is -1.76. The lowest BCUT2D eigenvalue weighted by atomic mass is 10.2. The molecule has 1 aromatic rings. The van der Waals surface area contributed by atoms with Crippen molar-refractivity contribution in [3.05, 3.63) is 34.4 Å². The summed E-state index contributed by atoms with van der Waals surface area (Å²) in [4.78, 5) is 44.9. The van der Waals surface area contributed by atoms with E-state index in [0.29, 0.717) is 0 Å². The molecule has 2 N–H and O–H groups in total. The first-order valence-corrected chi connectivity index (χ1v) is 6.98. The number of carbonyl (C=O) groups is 3. The molecular formula is C14H14N4O6. The molecule has 126 valence electrons. The van der Waals surface area contributed by atoms with Crippen molar-refractivity contribution in [3.63, 3.8) is 0 Å². The fourth-order valence-corrected chi connectivity index (χ4v) is 1.84. The van der Waals surface area contributed by atoms with E-state index in [1.807, 2.05) is 0 Å². The van der Waals surface area contributed by atoms with E-state index >= 15 is 0 Å². The molecule has 0 fully saturated rings. The van der Waals surface area contributed by atoms with Crippen molar-refractivity contribution in [3.8, 4) is 0 Å². The minimum Gasteiger partial charge on any atom is -0.448 e. The van der Waals surface area contributed by atoms with Gasteiger partial charge in [0.25, 0.3) is 11.6 Å². The summed E-state index contributed by atoms with van der Waals surface area (Å²) in [6, 6.07) is 5.37. The van der Waals surface area contributed by atoms with Crippen molar-refractivity contribution in [2.45, 2.75) is 25.9 Å². The summed E-state index contributed by atoms with van der Waals surface area (Å²) in [6.45, 7) is 1.35. The first kappa shape index (κ1) is 17.1. The van der Waals surface area contributed by atoms with Crippen molar-refractivity contribution >= 4 is 34.9 Å². The van der Waals surface area contributed by atoms with Gasteiger partial charge in [-0.2, -0.15) is 5.10 Å². The summed E-state index contributed by atoms with van der Waals surface area (Å²) < 4.78 is 4.97. The molecule has 0 aliphatic carbocycles. The number of amides is 2. The van der Waals surface area contributed by atoms with Crippen molar-refractivity contribution in [1.82, 2.24) is 5.43 Å². The van der Waals surface area contributed by atoms with Gasteiger partial charge in [-0.25, -0.2) is 10.2 Å². The van der Waals surface area contributed by atoms with Crippen LogP contribution in [0.3, 0.4) is 0 Å². The number of benzene rings is 1. The van der Waals surface area contributed by atoms with Crippen molar-refractivity contribution in [2.24, 2.45) is 5.10 Å². The molecule has 1 aliphatic rings. The van der Waals surface area contributed by atoms with Crippen LogP contribution in [0.1, 0.15) is 19.8 Å². The van der Waals surface area contributed by atoms with E-state index in [2.05, 4.69) is 15.8 Å². The number of ether oxygens (including phenoxy) is 1. The Morgan fingerprint density at radius 1 is 1.42 bits per heavy atom. The molecule has 0 spiro atoms. The number of non-ortho nitro benzene ring substituents is 1. The lowest BCUT2D eigenvalue weighted by Crippen LogP contribution is -2.35. The highest BCUT2D eigenvalue weighted by molar-refractivity contribution is 6.37. The summed E-state index contributed by atoms with van der Waals surface area (Å²) in [5.41, 5.74) is 2.21. The Morgan fingerprint density at radius 2 is 2.17 bits per heavy atom. The molecule has 0 radical (unpaired) electrons. The van der Waals surface area contributed by atoms with E-state index in [1.165, 1.54) is 31.2 Å². The topological polar surface area (TPSA) is 140 Å². The van der Waals surface area contributed by atoms with Crippen LogP contribution in [0.5, 0.6) is 0 Å². The number of hydrogen-bond donors (Lipinski definition) is 2. The third kappa shape index (κ3) is 4.35. The van der Waals surface area contributed by atoms with Gasteiger partial charge in [0.05, 0.1) is 4.92 Å². The third-order valence-corrected chi connectivity index (χ3v) is 3.12. The third-order valence-electron chi connectivity index (χ3n) is 3.12. The Hall–Kier alpha value is -3.30. The van der Waals surface area contributed by atoms with Crippen molar-refractivity contribution in [1.29, 1.82) is 0 Å². The van der Waals surface area contributed by atoms with E-state index in [9.17, 15) is 24.5 Å². The molecular weight excluding hydrogens is 320 g/mol. The molecule has 0 saturated carbocycles. The van der Waals surface area contributed by atoms with Gasteiger partial charge in [-0.3, -0.25) is 19.7 Å². The fourth-order valence-electron chi connectivity index (χ4n) is 1.84. The van der Waals surface area contributed by atoms with Gasteiger partial charge in [0.15, 0.2) is 6.10 Å². The standard InChI is InChI=1S/C14H14N4O6/c1-8(24-14(21)11-5-6-12(19)17-16-11)13(20)15-9-3-2-4-10(7-9)18(22)23/h2-4,7-8H,5-6H2,1H3,(H,15,20)(H,17,19). The van der Waals surface area contributed by atoms with Gasteiger partial charge in [-0.15, -0.1) is 0 Å². The van der Waals surface area contributed by atoms with Crippen LogP contribution in [-0.4, -0.2) is 34.5 Å². The number of rotatable bonds is 5. The van der Waals surface area contributed by atoms with Gasteiger partial charge in [0.2, 0.25) is 5.91 Å². The van der Waals surface area contributed by atoms with Gasteiger partial charge in [-0.05, 0) is 13.0 Å². The average molecular weight is 334 g/mol. The van der Waals surface area contributed by atoms with E-state index < -0.39 is 22.9 Å². The second-order valence-corrected chi connectivity index (χ2v) is 4.94. The van der Waals surface area contributed by atoms with Gasteiger partial charge in [-0.1, -0.05) is 6.07 Å². The van der Waals surface area contributed by atoms with Gasteiger partial charge < -0.3 is 10.1 Å². The Balaban J connectivity index is 1.95. The number of nitrogens with one attached hydrogen (secondary N) is 2. The number of hydrogen-bond acceptors (Lipinski definition) is 7. The summed E-state index contributed by atoms with van der Waals surface area (Å²) in [5, 5.41) is 16.7. The Bertz CT molecular complexity index is 730. The minimum atomic E-state index is -1.14. The maximum absolute atomic E-state index is 12.0. The monoisotopic (exact) mass is 334 g/mol. The van der Waals surface area contributed by atoms with Crippen LogP contribution >= 0.6 is 0 Å². The van der Waals surface area contributed by atoms with Crippen LogP contribution in [0.2, 0.25) is 0 Å². The van der Waals surface area contributed by atoms with Crippen LogP contribution in [0.25, 0.3) is 0 Å². The zero-order valence-corrected chi connectivity index (χ0v) is 12.6. The number of esters is 1. The van der Waals surface area contributed by atoms with Crippen molar-refractivity contribution in [2.75, 3.05) is 5.32 Å². The van der Waals surface area contributed by atoms with E-state index in [4.69, 9.17) is 4.74 Å². The van der Waals surface area contributed by atoms with Gasteiger partial charge in [0, 0.05) is 30.7 Å². The second kappa shape index (κ2) is 7.31. The van der Waals surface area contributed by atoms with E-state index in [0.717, 1.165) is 0 Å². The zero-order chi connectivity index (χ0) is 17.7. The van der Waals surface area contributed by atoms with Gasteiger partial charge >= 0.3 is 5.97 Å². The summed E-state index contributed by atoms with van der Waals surface area (Å²) >= 11 is 0. The normalized spacial score (nSPS) is 14.9. The molecule has 1 heterocycles. The molecule has 2 amide bonds. The molecule has 24 heavy (non-hydrogen) atoms. The molecule has 1 atom stereocenters. The van der Waals surface area contributed by atoms with Crippen LogP contribution in [0.15, 0.2) is 29.4 Å².